The predicted molar refractivity (Wildman–Crippen MR) is 125 cm³/mol. The molecule has 1 aromatic rings. The maximum absolute atomic E-state index is 10.8. The van der Waals surface area contributed by atoms with Crippen molar-refractivity contribution in [1.29, 1.82) is 0 Å². The van der Waals surface area contributed by atoms with Gasteiger partial charge >= 0.3 is 0 Å². The van der Waals surface area contributed by atoms with E-state index in [9.17, 15) is 10.1 Å². The molecule has 1 heterocycles. The lowest BCUT2D eigenvalue weighted by Gasteiger charge is -2.33. The van der Waals surface area contributed by atoms with Crippen molar-refractivity contribution in [1.82, 2.24) is 15.5 Å². The number of aliphatic imine (C=N–C) groups is 1. The molecule has 2 rings (SSSR count). The lowest BCUT2D eigenvalue weighted by molar-refractivity contribution is -0.384. The molecule has 0 unspecified atom stereocenters. The standard InChI is InChI=1S/C20H33N5O2.HI/c1-4-11-24-12-9-18(10-13-24)23-20(21-14-16(2)3)22-15-17-5-7-19(8-6-17)25(26)27;/h5-8,16,18H,4,9-15H2,1-3H3,(H2,21,22,23);1H. The van der Waals surface area contributed by atoms with Gasteiger partial charge in [0.1, 0.15) is 0 Å². The van der Waals surface area contributed by atoms with Crippen molar-refractivity contribution in [3.8, 4) is 0 Å². The summed E-state index contributed by atoms with van der Waals surface area (Å²) < 4.78 is 0. The predicted octanol–water partition coefficient (Wildman–Crippen LogP) is 3.78. The van der Waals surface area contributed by atoms with Crippen LogP contribution in [0.5, 0.6) is 0 Å². The van der Waals surface area contributed by atoms with Crippen LogP contribution < -0.4 is 10.6 Å². The molecule has 7 nitrogen and oxygen atoms in total. The van der Waals surface area contributed by atoms with Gasteiger partial charge in [-0.2, -0.15) is 0 Å². The Morgan fingerprint density at radius 2 is 1.93 bits per heavy atom. The first-order valence-electron chi connectivity index (χ1n) is 9.98. The van der Waals surface area contributed by atoms with Gasteiger partial charge in [-0.15, -0.1) is 24.0 Å². The molecule has 158 valence electrons. The largest absolute Gasteiger partial charge is 0.356 e. The van der Waals surface area contributed by atoms with E-state index >= 15 is 0 Å². The van der Waals surface area contributed by atoms with Crippen molar-refractivity contribution in [3.63, 3.8) is 0 Å². The van der Waals surface area contributed by atoms with Crippen molar-refractivity contribution in [2.45, 2.75) is 52.6 Å². The van der Waals surface area contributed by atoms with E-state index in [0.29, 0.717) is 18.5 Å². The number of nitrogens with zero attached hydrogens (tertiary/aromatic N) is 3. The summed E-state index contributed by atoms with van der Waals surface area (Å²) in [6.07, 6.45) is 3.45. The van der Waals surface area contributed by atoms with Gasteiger partial charge in [0.05, 0.1) is 11.5 Å². The van der Waals surface area contributed by atoms with E-state index in [0.717, 1.165) is 44.0 Å². The summed E-state index contributed by atoms with van der Waals surface area (Å²) in [6.45, 7) is 11.4. The minimum atomic E-state index is -0.380. The summed E-state index contributed by atoms with van der Waals surface area (Å²) in [5.74, 6) is 1.36. The number of benzene rings is 1. The number of rotatable bonds is 8. The van der Waals surface area contributed by atoms with Crippen molar-refractivity contribution in [3.05, 3.63) is 39.9 Å². The average Bonchev–Trinajstić information content (AvgIpc) is 2.66. The zero-order chi connectivity index (χ0) is 19.6. The van der Waals surface area contributed by atoms with Crippen LogP contribution >= 0.6 is 24.0 Å². The molecular weight excluding hydrogens is 469 g/mol. The highest BCUT2D eigenvalue weighted by Crippen LogP contribution is 2.13. The third-order valence-corrected chi connectivity index (χ3v) is 4.71. The van der Waals surface area contributed by atoms with E-state index in [1.54, 1.807) is 12.1 Å². The fraction of sp³-hybridized carbons (Fsp3) is 0.650. The normalized spacial score (nSPS) is 15.9. The summed E-state index contributed by atoms with van der Waals surface area (Å²) in [5, 5.41) is 17.8. The van der Waals surface area contributed by atoms with E-state index in [1.807, 2.05) is 0 Å². The Morgan fingerprint density at radius 1 is 1.29 bits per heavy atom. The second kappa shape index (κ2) is 12.9. The Kier molecular flexibility index (Phi) is 11.4. The smallest absolute Gasteiger partial charge is 0.269 e. The summed E-state index contributed by atoms with van der Waals surface area (Å²) >= 11 is 0. The number of likely N-dealkylation sites (tertiary alicyclic amines) is 1. The van der Waals surface area contributed by atoms with Gasteiger partial charge in [-0.25, -0.2) is 4.99 Å². The minimum absolute atomic E-state index is 0. The quantitative estimate of drug-likeness (QED) is 0.186. The molecule has 0 atom stereocenters. The molecule has 1 aromatic carbocycles. The highest BCUT2D eigenvalue weighted by Gasteiger charge is 2.19. The fourth-order valence-electron chi connectivity index (χ4n) is 3.16. The summed E-state index contributed by atoms with van der Waals surface area (Å²) in [5.41, 5.74) is 1.07. The number of guanidine groups is 1. The van der Waals surface area contributed by atoms with Crippen LogP contribution in [0, 0.1) is 16.0 Å². The third kappa shape index (κ3) is 8.72. The van der Waals surface area contributed by atoms with Gasteiger partial charge in [0.25, 0.3) is 5.69 Å². The monoisotopic (exact) mass is 503 g/mol. The molecule has 0 aromatic heterocycles. The molecule has 0 bridgehead atoms. The van der Waals surface area contributed by atoms with Crippen LogP contribution in [0.2, 0.25) is 0 Å². The molecule has 2 N–H and O–H groups in total. The van der Waals surface area contributed by atoms with Crippen molar-refractivity contribution < 1.29 is 4.92 Å². The van der Waals surface area contributed by atoms with Crippen LogP contribution in [0.1, 0.15) is 45.6 Å². The van der Waals surface area contributed by atoms with Gasteiger partial charge < -0.3 is 15.5 Å². The van der Waals surface area contributed by atoms with E-state index in [2.05, 4.69) is 36.3 Å². The van der Waals surface area contributed by atoms with Crippen LogP contribution in [0.25, 0.3) is 0 Å². The van der Waals surface area contributed by atoms with Gasteiger partial charge in [0.2, 0.25) is 0 Å². The molecule has 0 aliphatic carbocycles. The number of hydrogen-bond acceptors (Lipinski definition) is 4. The second-order valence-corrected chi connectivity index (χ2v) is 7.62. The summed E-state index contributed by atoms with van der Waals surface area (Å²) in [6, 6.07) is 7.04. The maximum atomic E-state index is 10.8. The van der Waals surface area contributed by atoms with Crippen LogP contribution in [0.15, 0.2) is 29.3 Å². The topological polar surface area (TPSA) is 82.8 Å². The average molecular weight is 503 g/mol. The Hall–Kier alpha value is -1.42. The Balaban J connectivity index is 0.00000392. The molecule has 1 aliphatic rings. The zero-order valence-electron chi connectivity index (χ0n) is 17.2. The van der Waals surface area contributed by atoms with Gasteiger partial charge in [0.15, 0.2) is 5.96 Å². The highest BCUT2D eigenvalue weighted by molar-refractivity contribution is 14.0. The highest BCUT2D eigenvalue weighted by atomic mass is 127. The van der Waals surface area contributed by atoms with Crippen LogP contribution in [-0.4, -0.2) is 48.0 Å². The van der Waals surface area contributed by atoms with Crippen molar-refractivity contribution in [2.75, 3.05) is 26.2 Å². The third-order valence-electron chi connectivity index (χ3n) is 4.71. The Morgan fingerprint density at radius 3 is 2.46 bits per heavy atom. The number of non-ortho nitro benzene ring substituents is 1. The molecule has 0 spiro atoms. The SMILES string of the molecule is CCCN1CCC(NC(=NCc2ccc([N+](=O)[O-])cc2)NCC(C)C)CC1.I. The van der Waals surface area contributed by atoms with E-state index < -0.39 is 0 Å². The molecule has 28 heavy (non-hydrogen) atoms. The van der Waals surface area contributed by atoms with Gasteiger partial charge in [-0.1, -0.05) is 32.9 Å². The zero-order valence-corrected chi connectivity index (χ0v) is 19.5. The maximum Gasteiger partial charge on any atom is 0.269 e. The Labute approximate surface area is 185 Å². The molecule has 1 saturated heterocycles. The van der Waals surface area contributed by atoms with E-state index in [-0.39, 0.29) is 34.6 Å². The van der Waals surface area contributed by atoms with Gasteiger partial charge in [-0.3, -0.25) is 10.1 Å². The van der Waals surface area contributed by atoms with Crippen molar-refractivity contribution in [2.24, 2.45) is 10.9 Å². The van der Waals surface area contributed by atoms with Gasteiger partial charge in [-0.05, 0) is 37.3 Å². The van der Waals surface area contributed by atoms with Crippen molar-refractivity contribution >= 4 is 35.6 Å². The Bertz CT molecular complexity index is 614. The molecule has 0 amide bonds. The first-order chi connectivity index (χ1) is 13.0. The number of nitrogens with one attached hydrogen (secondary N) is 2. The van der Waals surface area contributed by atoms with E-state index in [4.69, 9.17) is 4.99 Å². The number of nitro benzene ring substituents is 1. The first-order valence-corrected chi connectivity index (χ1v) is 9.98. The minimum Gasteiger partial charge on any atom is -0.356 e. The lowest BCUT2D eigenvalue weighted by atomic mass is 10.1. The fourth-order valence-corrected chi connectivity index (χ4v) is 3.16. The molecular formula is C20H34IN5O2. The molecule has 1 aliphatic heterocycles. The van der Waals surface area contributed by atoms with E-state index in [1.165, 1.54) is 25.1 Å². The molecule has 8 heteroatoms. The van der Waals surface area contributed by atoms with Gasteiger partial charge in [0, 0.05) is 37.8 Å². The van der Waals surface area contributed by atoms with Crippen LogP contribution in [-0.2, 0) is 6.54 Å². The summed E-state index contributed by atoms with van der Waals surface area (Å²) in [4.78, 5) is 17.6. The second-order valence-electron chi connectivity index (χ2n) is 7.62. The van der Waals surface area contributed by atoms with Crippen LogP contribution in [0.3, 0.4) is 0 Å². The number of nitro groups is 1. The first kappa shape index (κ1) is 24.6. The number of halogens is 1. The molecule has 1 fully saturated rings. The molecule has 0 saturated carbocycles. The van der Waals surface area contributed by atoms with Crippen LogP contribution in [0.4, 0.5) is 5.69 Å². The number of hydrogen-bond donors (Lipinski definition) is 2. The summed E-state index contributed by atoms with van der Waals surface area (Å²) in [7, 11) is 0. The lowest BCUT2D eigenvalue weighted by Crippen LogP contribution is -2.49. The molecule has 0 radical (unpaired) electrons. The number of piperidine rings is 1.